The summed E-state index contributed by atoms with van der Waals surface area (Å²) in [5.74, 6) is -0.548. The van der Waals surface area contributed by atoms with Gasteiger partial charge < -0.3 is 10.5 Å². The number of nitrogens with one attached hydrogen (secondary N) is 1. The van der Waals surface area contributed by atoms with E-state index in [4.69, 9.17) is 10.5 Å². The fourth-order valence-corrected chi connectivity index (χ4v) is 3.08. The lowest BCUT2D eigenvalue weighted by molar-refractivity contribution is 0.0526. The smallest absolute Gasteiger partial charge is 0.338 e. The molecule has 126 valence electrons. The number of carbonyl (C=O) groups is 1. The van der Waals surface area contributed by atoms with Gasteiger partial charge in [-0.3, -0.25) is 0 Å². The summed E-state index contributed by atoms with van der Waals surface area (Å²) in [6, 6.07) is 4.44. The van der Waals surface area contributed by atoms with Crippen LogP contribution in [0.3, 0.4) is 0 Å². The zero-order valence-corrected chi connectivity index (χ0v) is 14.8. The first-order chi connectivity index (χ1) is 9.57. The maximum atomic E-state index is 12.3. The van der Waals surface area contributed by atoms with Crippen LogP contribution >= 0.6 is 12.4 Å². The number of carbonyl (C=O) groups excluding carboxylic acids is 1. The summed E-state index contributed by atoms with van der Waals surface area (Å²) < 4.78 is 32.0. The molecule has 1 rings (SSSR count). The first-order valence-corrected chi connectivity index (χ1v) is 8.11. The van der Waals surface area contributed by atoms with Crippen molar-refractivity contribution in [2.45, 2.75) is 38.1 Å². The molecule has 0 aromatic heterocycles. The molecule has 0 heterocycles. The zero-order valence-electron chi connectivity index (χ0n) is 13.2. The number of hydrogen-bond acceptors (Lipinski definition) is 5. The molecule has 0 bridgehead atoms. The highest BCUT2D eigenvalue weighted by molar-refractivity contribution is 7.89. The fourth-order valence-electron chi connectivity index (χ4n) is 1.59. The molecule has 0 aliphatic rings. The molecule has 0 aliphatic carbocycles. The number of ether oxygens (including phenoxy) is 1. The molecule has 22 heavy (non-hydrogen) atoms. The molecule has 1 aromatic carbocycles. The third-order valence-corrected chi connectivity index (χ3v) is 4.25. The van der Waals surface area contributed by atoms with Gasteiger partial charge in [-0.05, 0) is 45.4 Å². The number of hydrogen-bond donors (Lipinski definition) is 2. The minimum atomic E-state index is -3.73. The van der Waals surface area contributed by atoms with Crippen LogP contribution in [0.4, 0.5) is 0 Å². The molecule has 3 N–H and O–H groups in total. The number of halogens is 1. The van der Waals surface area contributed by atoms with E-state index in [2.05, 4.69) is 4.72 Å². The lowest BCUT2D eigenvalue weighted by Gasteiger charge is -2.19. The van der Waals surface area contributed by atoms with Gasteiger partial charge in [-0.25, -0.2) is 17.9 Å². The van der Waals surface area contributed by atoms with E-state index in [9.17, 15) is 13.2 Å². The maximum Gasteiger partial charge on any atom is 0.338 e. The van der Waals surface area contributed by atoms with E-state index >= 15 is 0 Å². The average molecular weight is 351 g/mol. The first kappa shape index (κ1) is 20.9. The summed E-state index contributed by atoms with van der Waals surface area (Å²) in [5.41, 5.74) is 5.86. The number of sulfonamides is 1. The second-order valence-corrected chi connectivity index (χ2v) is 7.25. The second-order valence-electron chi connectivity index (χ2n) is 5.51. The molecule has 0 fully saturated rings. The summed E-state index contributed by atoms with van der Waals surface area (Å²) in [6.07, 6.45) is 0. The molecular formula is C14H23ClN2O4S. The summed E-state index contributed by atoms with van der Waals surface area (Å²) in [6.45, 7) is 7.12. The Labute approximate surface area is 137 Å². The Bertz CT molecular complexity index is 624. The highest BCUT2D eigenvalue weighted by atomic mass is 35.5. The van der Waals surface area contributed by atoms with Crippen LogP contribution in [0.1, 0.15) is 36.7 Å². The molecule has 0 saturated carbocycles. The van der Waals surface area contributed by atoms with E-state index in [1.165, 1.54) is 6.07 Å². The minimum Gasteiger partial charge on any atom is -0.462 e. The van der Waals surface area contributed by atoms with Gasteiger partial charge in [0.2, 0.25) is 10.0 Å². The van der Waals surface area contributed by atoms with Crippen LogP contribution in [0.2, 0.25) is 0 Å². The molecule has 0 saturated heterocycles. The highest BCUT2D eigenvalue weighted by Gasteiger charge is 2.22. The van der Waals surface area contributed by atoms with Gasteiger partial charge in [0.15, 0.2) is 0 Å². The third kappa shape index (κ3) is 5.92. The Morgan fingerprint density at radius 1 is 1.36 bits per heavy atom. The van der Waals surface area contributed by atoms with Crippen molar-refractivity contribution in [1.82, 2.24) is 4.72 Å². The topological polar surface area (TPSA) is 98.5 Å². The molecular weight excluding hydrogens is 328 g/mol. The van der Waals surface area contributed by atoms with Crippen molar-refractivity contribution in [3.8, 4) is 0 Å². The molecule has 0 radical (unpaired) electrons. The monoisotopic (exact) mass is 350 g/mol. The average Bonchev–Trinajstić information content (AvgIpc) is 2.36. The van der Waals surface area contributed by atoms with E-state index < -0.39 is 21.5 Å². The van der Waals surface area contributed by atoms with Gasteiger partial charge in [0, 0.05) is 12.1 Å². The van der Waals surface area contributed by atoms with Gasteiger partial charge in [0.05, 0.1) is 17.1 Å². The van der Waals surface area contributed by atoms with Crippen molar-refractivity contribution in [3.63, 3.8) is 0 Å². The molecule has 0 unspecified atom stereocenters. The second kappa shape index (κ2) is 7.92. The normalized spacial score (nSPS) is 11.7. The van der Waals surface area contributed by atoms with E-state index in [1.54, 1.807) is 39.8 Å². The van der Waals surface area contributed by atoms with Gasteiger partial charge in [-0.15, -0.1) is 12.4 Å². The minimum absolute atomic E-state index is 0. The van der Waals surface area contributed by atoms with Crippen LogP contribution in [-0.4, -0.2) is 33.1 Å². The van der Waals surface area contributed by atoms with Crippen LogP contribution in [0.25, 0.3) is 0 Å². The highest BCUT2D eigenvalue weighted by Crippen LogP contribution is 2.18. The molecule has 0 spiro atoms. The summed E-state index contributed by atoms with van der Waals surface area (Å²) in [5, 5.41) is 0. The summed E-state index contributed by atoms with van der Waals surface area (Å²) >= 11 is 0. The summed E-state index contributed by atoms with van der Waals surface area (Å²) in [7, 11) is -3.73. The van der Waals surface area contributed by atoms with E-state index in [-0.39, 0.29) is 36.0 Å². The molecule has 0 atom stereocenters. The quantitative estimate of drug-likeness (QED) is 0.759. The Balaban J connectivity index is 0.00000441. The number of benzene rings is 1. The number of nitrogens with two attached hydrogens (primary N) is 1. The van der Waals surface area contributed by atoms with Crippen LogP contribution < -0.4 is 10.5 Å². The van der Waals surface area contributed by atoms with Crippen LogP contribution in [0, 0.1) is 6.92 Å². The van der Waals surface area contributed by atoms with E-state index in [0.717, 1.165) is 0 Å². The number of aryl methyl sites for hydroxylation is 1. The molecule has 1 aromatic rings. The Morgan fingerprint density at radius 3 is 2.45 bits per heavy atom. The molecule has 8 heteroatoms. The van der Waals surface area contributed by atoms with Gasteiger partial charge in [0.25, 0.3) is 0 Å². The number of rotatable bonds is 6. The first-order valence-electron chi connectivity index (χ1n) is 6.63. The predicted molar refractivity (Wildman–Crippen MR) is 87.8 cm³/mol. The zero-order chi connectivity index (χ0) is 16.3. The molecule has 6 nitrogen and oxygen atoms in total. The maximum absolute atomic E-state index is 12.3. The standard InChI is InChI=1S/C14H22N2O4S.ClH/c1-5-20-13(17)11-7-6-10(2)12(8-11)21(18,19)16-9-14(3,4)15;/h6-8,16H,5,9,15H2,1-4H3;1H. The number of esters is 1. The van der Waals surface area contributed by atoms with Crippen LogP contribution in [-0.2, 0) is 14.8 Å². The lowest BCUT2D eigenvalue weighted by Crippen LogP contribution is -2.45. The van der Waals surface area contributed by atoms with E-state index in [0.29, 0.717) is 5.56 Å². The lowest BCUT2D eigenvalue weighted by atomic mass is 10.1. The third-order valence-electron chi connectivity index (χ3n) is 2.71. The van der Waals surface area contributed by atoms with Crippen LogP contribution in [0.5, 0.6) is 0 Å². The van der Waals surface area contributed by atoms with Gasteiger partial charge in [-0.1, -0.05) is 6.07 Å². The van der Waals surface area contributed by atoms with Crippen molar-refractivity contribution >= 4 is 28.4 Å². The van der Waals surface area contributed by atoms with Gasteiger partial charge >= 0.3 is 5.97 Å². The van der Waals surface area contributed by atoms with Crippen molar-refractivity contribution in [2.75, 3.05) is 13.2 Å². The van der Waals surface area contributed by atoms with Gasteiger partial charge in [0.1, 0.15) is 0 Å². The van der Waals surface area contributed by atoms with Crippen molar-refractivity contribution in [1.29, 1.82) is 0 Å². The van der Waals surface area contributed by atoms with Crippen molar-refractivity contribution in [2.24, 2.45) is 5.73 Å². The SMILES string of the molecule is CCOC(=O)c1ccc(C)c(S(=O)(=O)NCC(C)(C)N)c1.Cl. The Kier molecular flexibility index (Phi) is 7.50. The Hall–Kier alpha value is -1.15. The predicted octanol–water partition coefficient (Wildman–Crippen LogP) is 1.61. The largest absolute Gasteiger partial charge is 0.462 e. The van der Waals surface area contributed by atoms with Crippen LogP contribution in [0.15, 0.2) is 23.1 Å². The van der Waals surface area contributed by atoms with E-state index in [1.807, 2.05) is 0 Å². The Morgan fingerprint density at radius 2 is 1.95 bits per heavy atom. The summed E-state index contributed by atoms with van der Waals surface area (Å²) in [4.78, 5) is 11.7. The van der Waals surface area contributed by atoms with Crippen molar-refractivity contribution < 1.29 is 17.9 Å². The molecule has 0 amide bonds. The molecule has 0 aliphatic heterocycles. The fraction of sp³-hybridized carbons (Fsp3) is 0.500. The van der Waals surface area contributed by atoms with Crippen molar-refractivity contribution in [3.05, 3.63) is 29.3 Å². The van der Waals surface area contributed by atoms with Gasteiger partial charge in [-0.2, -0.15) is 0 Å².